The highest BCUT2D eigenvalue weighted by atomic mass is 35.5. The van der Waals surface area contributed by atoms with Crippen molar-refractivity contribution in [2.75, 3.05) is 26.2 Å². The highest BCUT2D eigenvalue weighted by Crippen LogP contribution is 2.29. The molecule has 1 fully saturated rings. The normalized spacial score (nSPS) is 15.0. The summed E-state index contributed by atoms with van der Waals surface area (Å²) in [7, 11) is 0. The molecule has 2 aromatic rings. The van der Waals surface area contributed by atoms with E-state index in [0.717, 1.165) is 12.1 Å². The van der Waals surface area contributed by atoms with Crippen molar-refractivity contribution in [3.05, 3.63) is 64.4 Å². The zero-order valence-corrected chi connectivity index (χ0v) is 14.8. The number of hydrogen-bond acceptors (Lipinski definition) is 3. The molecule has 0 spiro atoms. The van der Waals surface area contributed by atoms with Gasteiger partial charge in [0.2, 0.25) is 0 Å². The number of amides is 2. The Morgan fingerprint density at radius 3 is 2.19 bits per heavy atom. The van der Waals surface area contributed by atoms with Gasteiger partial charge in [0.25, 0.3) is 11.8 Å². The van der Waals surface area contributed by atoms with E-state index in [2.05, 4.69) is 4.98 Å². The Bertz CT molecular complexity index is 865. The van der Waals surface area contributed by atoms with Crippen LogP contribution in [0.4, 0.5) is 13.2 Å². The van der Waals surface area contributed by atoms with E-state index in [-0.39, 0.29) is 48.4 Å². The van der Waals surface area contributed by atoms with E-state index in [0.29, 0.717) is 0 Å². The molecule has 1 aliphatic rings. The van der Waals surface area contributed by atoms with E-state index in [1.807, 2.05) is 0 Å². The number of carbonyl (C=O) groups is 2. The lowest BCUT2D eigenvalue weighted by molar-refractivity contribution is -0.137. The molecule has 27 heavy (non-hydrogen) atoms. The standard InChI is InChI=1S/C18H15ClF3N3O2/c19-15-14(5-2-6-23-15)17(27)25-9-7-24(8-10-25)16(26)12-3-1-4-13(11-12)18(20,21)22/h1-6,11H,7-10H2. The van der Waals surface area contributed by atoms with Crippen LogP contribution < -0.4 is 0 Å². The summed E-state index contributed by atoms with van der Waals surface area (Å²) in [5.41, 5.74) is -0.620. The zero-order chi connectivity index (χ0) is 19.6. The van der Waals surface area contributed by atoms with E-state index in [1.54, 1.807) is 17.0 Å². The predicted molar refractivity (Wildman–Crippen MR) is 92.5 cm³/mol. The van der Waals surface area contributed by atoms with Crippen LogP contribution in [0.25, 0.3) is 0 Å². The number of piperazine rings is 1. The van der Waals surface area contributed by atoms with Gasteiger partial charge in [0.1, 0.15) is 5.15 Å². The van der Waals surface area contributed by atoms with Crippen molar-refractivity contribution in [3.63, 3.8) is 0 Å². The quantitative estimate of drug-likeness (QED) is 0.730. The molecule has 0 radical (unpaired) electrons. The van der Waals surface area contributed by atoms with Crippen molar-refractivity contribution in [1.82, 2.24) is 14.8 Å². The fourth-order valence-electron chi connectivity index (χ4n) is 2.84. The van der Waals surface area contributed by atoms with Crippen molar-refractivity contribution < 1.29 is 22.8 Å². The second-order valence-electron chi connectivity index (χ2n) is 6.00. The number of hydrogen-bond donors (Lipinski definition) is 0. The lowest BCUT2D eigenvalue weighted by Gasteiger charge is -2.35. The highest BCUT2D eigenvalue weighted by Gasteiger charge is 2.32. The smallest absolute Gasteiger partial charge is 0.335 e. The summed E-state index contributed by atoms with van der Waals surface area (Å²) >= 11 is 5.93. The summed E-state index contributed by atoms with van der Waals surface area (Å²) in [4.78, 5) is 31.8. The van der Waals surface area contributed by atoms with E-state index < -0.39 is 17.6 Å². The maximum atomic E-state index is 12.8. The van der Waals surface area contributed by atoms with E-state index in [1.165, 1.54) is 23.2 Å². The number of aromatic nitrogens is 1. The van der Waals surface area contributed by atoms with Crippen LogP contribution in [-0.4, -0.2) is 52.8 Å². The van der Waals surface area contributed by atoms with Gasteiger partial charge in [-0.2, -0.15) is 13.2 Å². The number of pyridine rings is 1. The Kier molecular flexibility index (Phi) is 5.36. The molecule has 0 aliphatic carbocycles. The second kappa shape index (κ2) is 7.56. The van der Waals surface area contributed by atoms with Gasteiger partial charge in [-0.1, -0.05) is 17.7 Å². The van der Waals surface area contributed by atoms with Gasteiger partial charge in [-0.25, -0.2) is 4.98 Å². The van der Waals surface area contributed by atoms with Crippen molar-refractivity contribution in [1.29, 1.82) is 0 Å². The van der Waals surface area contributed by atoms with Crippen LogP contribution >= 0.6 is 11.6 Å². The number of halogens is 4. The number of alkyl halides is 3. The molecule has 0 unspecified atom stereocenters. The van der Waals surface area contributed by atoms with Gasteiger partial charge in [-0.05, 0) is 30.3 Å². The minimum absolute atomic E-state index is 0.0279. The third kappa shape index (κ3) is 4.21. The number of rotatable bonds is 2. The highest BCUT2D eigenvalue weighted by molar-refractivity contribution is 6.32. The van der Waals surface area contributed by atoms with Crippen LogP contribution in [0.2, 0.25) is 5.15 Å². The minimum Gasteiger partial charge on any atom is -0.335 e. The molecule has 1 aromatic carbocycles. The molecular weight excluding hydrogens is 383 g/mol. The molecular formula is C18H15ClF3N3O2. The van der Waals surface area contributed by atoms with Crippen LogP contribution in [-0.2, 0) is 6.18 Å². The van der Waals surface area contributed by atoms with Gasteiger partial charge >= 0.3 is 6.18 Å². The van der Waals surface area contributed by atoms with Gasteiger partial charge in [-0.3, -0.25) is 9.59 Å². The molecule has 1 aliphatic heterocycles. The molecule has 9 heteroatoms. The topological polar surface area (TPSA) is 53.5 Å². The van der Waals surface area contributed by atoms with Crippen LogP contribution in [0.3, 0.4) is 0 Å². The van der Waals surface area contributed by atoms with E-state index >= 15 is 0 Å². The summed E-state index contributed by atoms with van der Waals surface area (Å²) in [6, 6.07) is 7.50. The lowest BCUT2D eigenvalue weighted by atomic mass is 10.1. The molecule has 142 valence electrons. The Morgan fingerprint density at radius 1 is 0.963 bits per heavy atom. The van der Waals surface area contributed by atoms with Crippen molar-refractivity contribution >= 4 is 23.4 Å². The third-order valence-corrected chi connectivity index (χ3v) is 4.58. The van der Waals surface area contributed by atoms with Gasteiger partial charge < -0.3 is 9.80 Å². The van der Waals surface area contributed by atoms with Crippen LogP contribution in [0.15, 0.2) is 42.6 Å². The van der Waals surface area contributed by atoms with E-state index in [4.69, 9.17) is 11.6 Å². The summed E-state index contributed by atoms with van der Waals surface area (Å²) in [5.74, 6) is -0.785. The predicted octanol–water partition coefficient (Wildman–Crippen LogP) is 3.35. The first kappa shape index (κ1) is 19.2. The van der Waals surface area contributed by atoms with Gasteiger partial charge in [0.05, 0.1) is 11.1 Å². The average Bonchev–Trinajstić information content (AvgIpc) is 2.67. The number of carbonyl (C=O) groups excluding carboxylic acids is 2. The van der Waals surface area contributed by atoms with Crippen molar-refractivity contribution in [3.8, 4) is 0 Å². The fourth-order valence-corrected chi connectivity index (χ4v) is 3.04. The molecule has 2 heterocycles. The zero-order valence-electron chi connectivity index (χ0n) is 14.0. The molecule has 0 bridgehead atoms. The van der Waals surface area contributed by atoms with Crippen LogP contribution in [0.5, 0.6) is 0 Å². The first-order chi connectivity index (χ1) is 12.8. The molecule has 3 rings (SSSR count). The number of nitrogens with zero attached hydrogens (tertiary/aromatic N) is 3. The third-order valence-electron chi connectivity index (χ3n) is 4.28. The van der Waals surface area contributed by atoms with Crippen LogP contribution in [0, 0.1) is 0 Å². The summed E-state index contributed by atoms with van der Waals surface area (Å²) in [6.07, 6.45) is -3.03. The number of benzene rings is 1. The SMILES string of the molecule is O=C(c1cccc(C(F)(F)F)c1)N1CCN(C(=O)c2cccnc2Cl)CC1. The van der Waals surface area contributed by atoms with Crippen molar-refractivity contribution in [2.45, 2.75) is 6.18 Å². The molecule has 0 saturated carbocycles. The van der Waals surface area contributed by atoms with E-state index in [9.17, 15) is 22.8 Å². The second-order valence-corrected chi connectivity index (χ2v) is 6.36. The summed E-state index contributed by atoms with van der Waals surface area (Å²) in [6.45, 7) is 0.959. The molecule has 1 saturated heterocycles. The molecule has 0 N–H and O–H groups in total. The maximum absolute atomic E-state index is 12.8. The van der Waals surface area contributed by atoms with Gasteiger partial charge in [0.15, 0.2) is 0 Å². The minimum atomic E-state index is -4.51. The lowest BCUT2D eigenvalue weighted by Crippen LogP contribution is -2.50. The maximum Gasteiger partial charge on any atom is 0.416 e. The Morgan fingerprint density at radius 2 is 1.59 bits per heavy atom. The Hall–Kier alpha value is -2.61. The monoisotopic (exact) mass is 397 g/mol. The fraction of sp³-hybridized carbons (Fsp3) is 0.278. The largest absolute Gasteiger partial charge is 0.416 e. The van der Waals surface area contributed by atoms with Crippen LogP contribution in [0.1, 0.15) is 26.3 Å². The molecule has 5 nitrogen and oxygen atoms in total. The molecule has 2 amide bonds. The first-order valence-electron chi connectivity index (χ1n) is 8.13. The van der Waals surface area contributed by atoms with Gasteiger partial charge in [-0.15, -0.1) is 0 Å². The summed E-state index contributed by atoms with van der Waals surface area (Å²) in [5, 5.41) is 0.102. The molecule has 0 atom stereocenters. The van der Waals surface area contributed by atoms with Gasteiger partial charge in [0, 0.05) is 37.9 Å². The average molecular weight is 398 g/mol. The Balaban J connectivity index is 1.66. The summed E-state index contributed by atoms with van der Waals surface area (Å²) < 4.78 is 38.5. The Labute approximate surface area is 158 Å². The first-order valence-corrected chi connectivity index (χ1v) is 8.51. The van der Waals surface area contributed by atoms with Crippen molar-refractivity contribution in [2.24, 2.45) is 0 Å². The molecule has 1 aromatic heterocycles.